The molecule has 5 rings (SSSR count). The van der Waals surface area contributed by atoms with Crippen LogP contribution in [0.25, 0.3) is 10.4 Å². The van der Waals surface area contributed by atoms with E-state index in [0.29, 0.717) is 22.6 Å². The predicted octanol–water partition coefficient (Wildman–Crippen LogP) is 3.91. The van der Waals surface area contributed by atoms with E-state index in [2.05, 4.69) is 15.6 Å². The van der Waals surface area contributed by atoms with Gasteiger partial charge in [0.25, 0.3) is 5.91 Å². The molecule has 2 fully saturated rings. The van der Waals surface area contributed by atoms with E-state index in [4.69, 9.17) is 9.78 Å². The number of β-amino-alcohol motifs (C(OH)–C–C–N with tert-alkyl or cyclic N) is 1. The molecule has 3 N–H and O–H groups in total. The van der Waals surface area contributed by atoms with Crippen molar-refractivity contribution in [3.63, 3.8) is 0 Å². The van der Waals surface area contributed by atoms with Crippen LogP contribution in [-0.2, 0) is 20.9 Å². The first-order valence-corrected chi connectivity index (χ1v) is 15.9. The summed E-state index contributed by atoms with van der Waals surface area (Å²) in [6.07, 6.45) is -0.0256. The number of aromatic nitrogens is 1. The van der Waals surface area contributed by atoms with Gasteiger partial charge in [-0.1, -0.05) is 32.9 Å². The highest BCUT2D eigenvalue weighted by molar-refractivity contribution is 7.13. The lowest BCUT2D eigenvalue weighted by Crippen LogP contribution is -2.59. The topological polar surface area (TPSA) is 147 Å². The Bertz CT molecular complexity index is 1620. The van der Waals surface area contributed by atoms with E-state index >= 15 is 0 Å². The Morgan fingerprint density at radius 1 is 1.17 bits per heavy atom. The molecule has 0 unspecified atom stereocenters. The van der Waals surface area contributed by atoms with E-state index in [-0.39, 0.29) is 32.4 Å². The quantitative estimate of drug-likeness (QED) is 0.161. The molecule has 0 bridgehead atoms. The Morgan fingerprint density at radius 3 is 2.50 bits per heavy atom. The van der Waals surface area contributed by atoms with E-state index in [1.165, 1.54) is 16.2 Å². The second-order valence-corrected chi connectivity index (χ2v) is 13.6. The first-order valence-electron chi connectivity index (χ1n) is 15.0. The second-order valence-electron chi connectivity index (χ2n) is 12.8. The summed E-state index contributed by atoms with van der Waals surface area (Å²) in [7, 11) is 0. The van der Waals surface area contributed by atoms with Crippen molar-refractivity contribution in [2.24, 2.45) is 5.41 Å². The number of nitrogens with one attached hydrogen (secondary N) is 2. The standard InChI is InChI=1S/C33H37FN4O7S/c1-19-27(46-18-36-19)21-7-8-22(26(13-21)45-44-24-9-5-20(17-39)6-10-24)15-35-29(41)25-14-23(40)16-38(25)30(42)28(32(2,3)4)37-31(43)33(34)11-12-33/h5-10,13,17-18,23,25,28,40H,11-12,14-16H2,1-4H3,(H,35,41)(H,37,43)/t23-,25+,28-/m1/s1. The molecule has 46 heavy (non-hydrogen) atoms. The van der Waals surface area contributed by atoms with Crippen LogP contribution in [0.1, 0.15) is 61.6 Å². The molecule has 2 aromatic carbocycles. The Hall–Kier alpha value is -4.36. The summed E-state index contributed by atoms with van der Waals surface area (Å²) in [6.45, 7) is 7.02. The molecular weight excluding hydrogens is 615 g/mol. The van der Waals surface area contributed by atoms with Gasteiger partial charge >= 0.3 is 0 Å². The van der Waals surface area contributed by atoms with Gasteiger partial charge in [0.05, 0.1) is 22.2 Å². The number of amides is 3. The van der Waals surface area contributed by atoms with Crippen LogP contribution in [-0.4, -0.2) is 69.4 Å². The second kappa shape index (κ2) is 13.2. The third kappa shape index (κ3) is 7.37. The van der Waals surface area contributed by atoms with Gasteiger partial charge in [-0.2, -0.15) is 0 Å². The van der Waals surface area contributed by atoms with Gasteiger partial charge in [0.1, 0.15) is 18.4 Å². The van der Waals surface area contributed by atoms with Crippen molar-refractivity contribution in [3.8, 4) is 21.9 Å². The maximum atomic E-state index is 14.5. The van der Waals surface area contributed by atoms with Gasteiger partial charge in [0.2, 0.25) is 11.8 Å². The molecule has 1 aliphatic heterocycles. The molecule has 1 aliphatic carbocycles. The molecule has 3 atom stereocenters. The number of hydrogen-bond acceptors (Lipinski definition) is 9. The molecule has 11 nitrogen and oxygen atoms in total. The molecular formula is C33H37FN4O7S. The Kier molecular flexibility index (Phi) is 9.45. The number of carbonyl (C=O) groups excluding carboxylic acids is 4. The Labute approximate surface area is 270 Å². The maximum Gasteiger partial charge on any atom is 0.258 e. The predicted molar refractivity (Wildman–Crippen MR) is 168 cm³/mol. The number of thiazole rings is 1. The molecule has 3 aromatic rings. The number of aliphatic hydroxyl groups is 1. The van der Waals surface area contributed by atoms with Crippen molar-refractivity contribution < 1.29 is 38.5 Å². The number of aryl methyl sites for hydroxylation is 1. The van der Waals surface area contributed by atoms with Crippen molar-refractivity contribution in [1.29, 1.82) is 0 Å². The zero-order valence-corrected chi connectivity index (χ0v) is 26.9. The highest BCUT2D eigenvalue weighted by Gasteiger charge is 2.53. The number of likely N-dealkylation sites (tertiary alicyclic amines) is 1. The molecule has 1 saturated carbocycles. The van der Waals surface area contributed by atoms with E-state index < -0.39 is 47.0 Å². The van der Waals surface area contributed by atoms with Crippen molar-refractivity contribution >= 4 is 35.3 Å². The van der Waals surface area contributed by atoms with Crippen molar-refractivity contribution in [2.45, 2.75) is 77.4 Å². The third-order valence-electron chi connectivity index (χ3n) is 8.12. The maximum absolute atomic E-state index is 14.5. The Morgan fingerprint density at radius 2 is 1.89 bits per heavy atom. The zero-order chi connectivity index (χ0) is 33.2. The number of alkyl halides is 1. The summed E-state index contributed by atoms with van der Waals surface area (Å²) in [5.74, 6) is -1.24. The fourth-order valence-electron chi connectivity index (χ4n) is 5.21. The van der Waals surface area contributed by atoms with Gasteiger partial charge in [-0.3, -0.25) is 29.0 Å². The molecule has 2 aliphatic rings. The van der Waals surface area contributed by atoms with E-state index in [1.807, 2.05) is 13.0 Å². The fourth-order valence-corrected chi connectivity index (χ4v) is 6.01. The lowest BCUT2D eigenvalue weighted by molar-refractivity contribution is -0.145. The molecule has 0 spiro atoms. The lowest BCUT2D eigenvalue weighted by atomic mass is 9.85. The molecule has 0 radical (unpaired) electrons. The van der Waals surface area contributed by atoms with E-state index in [1.54, 1.807) is 62.7 Å². The summed E-state index contributed by atoms with van der Waals surface area (Å²) in [5, 5.41) is 15.9. The number of hydrogen-bond donors (Lipinski definition) is 3. The van der Waals surface area contributed by atoms with Crippen molar-refractivity contribution in [2.75, 3.05) is 6.54 Å². The molecule has 13 heteroatoms. The van der Waals surface area contributed by atoms with E-state index in [9.17, 15) is 28.7 Å². The summed E-state index contributed by atoms with van der Waals surface area (Å²) < 4.78 is 14.5. The number of carbonyl (C=O) groups is 4. The average Bonchev–Trinajstić information content (AvgIpc) is 3.43. The number of rotatable bonds is 11. The van der Waals surface area contributed by atoms with Crippen molar-refractivity contribution in [3.05, 3.63) is 64.8 Å². The number of benzene rings is 2. The van der Waals surface area contributed by atoms with Gasteiger partial charge in [0, 0.05) is 30.6 Å². The highest BCUT2D eigenvalue weighted by Crippen LogP contribution is 2.40. The van der Waals surface area contributed by atoms with Gasteiger partial charge in [0.15, 0.2) is 17.2 Å². The van der Waals surface area contributed by atoms with Crippen LogP contribution in [0.4, 0.5) is 4.39 Å². The van der Waals surface area contributed by atoms with Gasteiger partial charge in [-0.05, 0) is 61.1 Å². The average molecular weight is 653 g/mol. The number of aldehydes is 1. The largest absolute Gasteiger partial charge is 0.391 e. The van der Waals surface area contributed by atoms with Gasteiger partial charge < -0.3 is 20.6 Å². The van der Waals surface area contributed by atoms with Crippen LogP contribution in [0.5, 0.6) is 11.5 Å². The molecule has 2 heterocycles. The number of nitrogens with zero attached hydrogens (tertiary/aromatic N) is 2. The normalized spacial score (nSPS) is 19.2. The van der Waals surface area contributed by atoms with Crippen LogP contribution < -0.4 is 20.4 Å². The molecule has 3 amide bonds. The van der Waals surface area contributed by atoms with Crippen LogP contribution >= 0.6 is 11.3 Å². The van der Waals surface area contributed by atoms with E-state index in [0.717, 1.165) is 22.4 Å². The Balaban J connectivity index is 1.32. The minimum Gasteiger partial charge on any atom is -0.391 e. The van der Waals surface area contributed by atoms with Crippen LogP contribution in [0.3, 0.4) is 0 Å². The molecule has 1 saturated heterocycles. The van der Waals surface area contributed by atoms with Gasteiger partial charge in [-0.15, -0.1) is 11.3 Å². The summed E-state index contributed by atoms with van der Waals surface area (Å²) in [6, 6.07) is 9.66. The first-order chi connectivity index (χ1) is 21.8. The van der Waals surface area contributed by atoms with Gasteiger partial charge in [-0.25, -0.2) is 9.37 Å². The van der Waals surface area contributed by atoms with Crippen LogP contribution in [0, 0.1) is 12.3 Å². The van der Waals surface area contributed by atoms with Crippen molar-refractivity contribution in [1.82, 2.24) is 20.5 Å². The molecule has 1 aromatic heterocycles. The smallest absolute Gasteiger partial charge is 0.258 e. The number of aliphatic hydroxyl groups excluding tert-OH is 1. The van der Waals surface area contributed by atoms with Crippen LogP contribution in [0.2, 0.25) is 0 Å². The SMILES string of the molecule is Cc1ncsc1-c1ccc(CNC(=O)[C@@H]2C[C@@H](O)CN2C(=O)[C@@H](NC(=O)C2(F)CC2)C(C)(C)C)c(OOc2ccc(C=O)cc2)c1. The minimum atomic E-state index is -1.97. The molecule has 244 valence electrons. The zero-order valence-electron chi connectivity index (χ0n) is 26.0. The lowest BCUT2D eigenvalue weighted by Gasteiger charge is -2.35. The third-order valence-corrected chi connectivity index (χ3v) is 9.10. The first kappa shape index (κ1) is 33.0. The fraction of sp³-hybridized carbons (Fsp3) is 0.424. The highest BCUT2D eigenvalue weighted by atomic mass is 32.1. The summed E-state index contributed by atoms with van der Waals surface area (Å²) in [5.41, 5.74) is 1.70. The monoisotopic (exact) mass is 652 g/mol. The summed E-state index contributed by atoms with van der Waals surface area (Å²) >= 11 is 1.47. The summed E-state index contributed by atoms with van der Waals surface area (Å²) in [4.78, 5) is 68.6. The van der Waals surface area contributed by atoms with Crippen LogP contribution in [0.15, 0.2) is 48.0 Å². The number of halogens is 1. The minimum absolute atomic E-state index is 0.00198.